The molecule has 1 unspecified atom stereocenters. The van der Waals surface area contributed by atoms with E-state index in [0.717, 1.165) is 5.92 Å². The van der Waals surface area contributed by atoms with Crippen LogP contribution in [0.15, 0.2) is 11.8 Å². The molecule has 1 nitrogen and oxygen atoms in total. The smallest absolute Gasteiger partial charge is 0.0178 e. The topological polar surface area (TPSA) is 12.0 Å². The van der Waals surface area contributed by atoms with E-state index in [0.29, 0.717) is 0 Å². The highest BCUT2D eigenvalue weighted by atomic mass is 14.9. The summed E-state index contributed by atoms with van der Waals surface area (Å²) in [4.78, 5) is 0. The van der Waals surface area contributed by atoms with Crippen LogP contribution in [0, 0.1) is 5.92 Å². The Hall–Kier alpha value is -0.460. The molecule has 1 fully saturated rings. The zero-order valence-corrected chi connectivity index (χ0v) is 4.28. The van der Waals surface area contributed by atoms with Crippen LogP contribution in [0.25, 0.3) is 0 Å². The van der Waals surface area contributed by atoms with Crippen LogP contribution in [-0.4, -0.2) is 6.54 Å². The molecule has 0 saturated carbocycles. The second kappa shape index (κ2) is 1.03. The van der Waals surface area contributed by atoms with Crippen molar-refractivity contribution in [2.45, 2.75) is 12.8 Å². The quantitative estimate of drug-likeness (QED) is 0.471. The van der Waals surface area contributed by atoms with Gasteiger partial charge in [-0.2, -0.15) is 0 Å². The summed E-state index contributed by atoms with van der Waals surface area (Å²) in [5.41, 5.74) is 1.49. The highest BCUT2D eigenvalue weighted by molar-refractivity contribution is 5.13. The van der Waals surface area contributed by atoms with Crippen LogP contribution in [-0.2, 0) is 0 Å². The minimum atomic E-state index is 0.968. The molecule has 0 aromatic carbocycles. The zero-order chi connectivity index (χ0) is 4.69. The SMILES string of the molecule is C1=C2CC(C1)CN2. The van der Waals surface area contributed by atoms with Gasteiger partial charge in [0.05, 0.1) is 0 Å². The summed E-state index contributed by atoms with van der Waals surface area (Å²) in [6.45, 7) is 1.24. The van der Waals surface area contributed by atoms with Crippen LogP contribution >= 0.6 is 0 Å². The second-order valence-electron chi connectivity index (χ2n) is 2.42. The number of hydrogen-bond acceptors (Lipinski definition) is 1. The van der Waals surface area contributed by atoms with Crippen LogP contribution < -0.4 is 5.32 Å². The average Bonchev–Trinajstić information content (AvgIpc) is 2.22. The lowest BCUT2D eigenvalue weighted by Crippen LogP contribution is -2.11. The largest absolute Gasteiger partial charge is 0.388 e. The van der Waals surface area contributed by atoms with Crippen molar-refractivity contribution in [3.05, 3.63) is 11.8 Å². The Morgan fingerprint density at radius 2 is 2.71 bits per heavy atom. The third-order valence-electron chi connectivity index (χ3n) is 1.82. The molecule has 1 aliphatic heterocycles. The lowest BCUT2D eigenvalue weighted by molar-refractivity contribution is 0.603. The number of fused-ring (bicyclic) bond motifs is 2. The Morgan fingerprint density at radius 3 is 2.86 bits per heavy atom. The van der Waals surface area contributed by atoms with Crippen molar-refractivity contribution in [2.75, 3.05) is 6.54 Å². The van der Waals surface area contributed by atoms with Gasteiger partial charge in [0.2, 0.25) is 0 Å². The lowest BCUT2D eigenvalue weighted by atomic mass is 10.1. The van der Waals surface area contributed by atoms with E-state index in [4.69, 9.17) is 0 Å². The Balaban J connectivity index is 2.30. The zero-order valence-electron chi connectivity index (χ0n) is 4.28. The van der Waals surface area contributed by atoms with Gasteiger partial charge in [0.1, 0.15) is 0 Å². The Bertz CT molecular complexity index is 115. The minimum absolute atomic E-state index is 0.968. The van der Waals surface area contributed by atoms with Crippen molar-refractivity contribution < 1.29 is 0 Å². The molecule has 2 aliphatic rings. The third kappa shape index (κ3) is 0.379. The Labute approximate surface area is 43.4 Å². The van der Waals surface area contributed by atoms with Crippen LogP contribution in [0.5, 0.6) is 0 Å². The first-order chi connectivity index (χ1) is 3.45. The van der Waals surface area contributed by atoms with Crippen molar-refractivity contribution in [2.24, 2.45) is 5.92 Å². The number of hydrogen-bond donors (Lipinski definition) is 1. The van der Waals surface area contributed by atoms with Gasteiger partial charge in [0.25, 0.3) is 0 Å². The van der Waals surface area contributed by atoms with E-state index in [1.807, 2.05) is 0 Å². The first-order valence-electron chi connectivity index (χ1n) is 2.88. The summed E-state index contributed by atoms with van der Waals surface area (Å²) in [6.07, 6.45) is 4.98. The Kier molecular flexibility index (Phi) is 0.518. The van der Waals surface area contributed by atoms with Crippen LogP contribution in [0.1, 0.15) is 12.8 Å². The number of nitrogens with one attached hydrogen (secondary N) is 1. The van der Waals surface area contributed by atoms with Crippen molar-refractivity contribution in [1.82, 2.24) is 5.32 Å². The fourth-order valence-corrected chi connectivity index (χ4v) is 1.36. The number of allylic oxidation sites excluding steroid dienone is 2. The molecule has 1 atom stereocenters. The van der Waals surface area contributed by atoms with Gasteiger partial charge in [0, 0.05) is 12.2 Å². The normalized spacial score (nSPS) is 35.4. The van der Waals surface area contributed by atoms with E-state index in [1.165, 1.54) is 25.1 Å². The van der Waals surface area contributed by atoms with E-state index in [1.54, 1.807) is 0 Å². The maximum atomic E-state index is 3.32. The molecule has 2 bridgehead atoms. The van der Waals surface area contributed by atoms with E-state index in [2.05, 4.69) is 11.4 Å². The third-order valence-corrected chi connectivity index (χ3v) is 1.82. The van der Waals surface area contributed by atoms with E-state index in [-0.39, 0.29) is 0 Å². The maximum absolute atomic E-state index is 3.32. The standard InChI is InChI=1S/C6H9N/c1-2-6-3-5(1)4-7-6/h2,5,7H,1,3-4H2. The summed E-state index contributed by atoms with van der Waals surface area (Å²) in [6, 6.07) is 0. The van der Waals surface area contributed by atoms with Crippen LogP contribution in [0.4, 0.5) is 0 Å². The molecule has 1 heterocycles. The van der Waals surface area contributed by atoms with Crippen LogP contribution in [0.3, 0.4) is 0 Å². The molecule has 1 N–H and O–H groups in total. The monoisotopic (exact) mass is 95.1 g/mol. The molecule has 2 rings (SSSR count). The lowest BCUT2D eigenvalue weighted by Gasteiger charge is -2.01. The molecule has 1 heteroatoms. The van der Waals surface area contributed by atoms with Gasteiger partial charge in [0.15, 0.2) is 0 Å². The molecule has 0 amide bonds. The molecule has 0 spiro atoms. The van der Waals surface area contributed by atoms with E-state index >= 15 is 0 Å². The molecule has 1 saturated heterocycles. The van der Waals surface area contributed by atoms with Gasteiger partial charge in [-0.25, -0.2) is 0 Å². The minimum Gasteiger partial charge on any atom is -0.388 e. The molecule has 7 heavy (non-hydrogen) atoms. The van der Waals surface area contributed by atoms with Gasteiger partial charge in [-0.3, -0.25) is 0 Å². The average molecular weight is 95.1 g/mol. The summed E-state index contributed by atoms with van der Waals surface area (Å²) >= 11 is 0. The van der Waals surface area contributed by atoms with Gasteiger partial charge in [-0.1, -0.05) is 6.08 Å². The summed E-state index contributed by atoms with van der Waals surface area (Å²) in [5, 5.41) is 3.32. The molecule has 0 aromatic heterocycles. The van der Waals surface area contributed by atoms with Crippen molar-refractivity contribution in [1.29, 1.82) is 0 Å². The van der Waals surface area contributed by atoms with Crippen molar-refractivity contribution >= 4 is 0 Å². The van der Waals surface area contributed by atoms with Crippen molar-refractivity contribution in [3.63, 3.8) is 0 Å². The summed E-state index contributed by atoms with van der Waals surface area (Å²) < 4.78 is 0. The van der Waals surface area contributed by atoms with Gasteiger partial charge in [-0.05, 0) is 18.8 Å². The molecule has 0 radical (unpaired) electrons. The fourth-order valence-electron chi connectivity index (χ4n) is 1.36. The predicted molar refractivity (Wildman–Crippen MR) is 28.8 cm³/mol. The van der Waals surface area contributed by atoms with Crippen LogP contribution in [0.2, 0.25) is 0 Å². The molecule has 38 valence electrons. The fraction of sp³-hybridized carbons (Fsp3) is 0.667. The van der Waals surface area contributed by atoms with Gasteiger partial charge >= 0.3 is 0 Å². The summed E-state index contributed by atoms with van der Waals surface area (Å²) in [5.74, 6) is 0.968. The van der Waals surface area contributed by atoms with E-state index < -0.39 is 0 Å². The van der Waals surface area contributed by atoms with Gasteiger partial charge < -0.3 is 5.32 Å². The highest BCUT2D eigenvalue weighted by Gasteiger charge is 2.22. The second-order valence-corrected chi connectivity index (χ2v) is 2.42. The Morgan fingerprint density at radius 1 is 1.71 bits per heavy atom. The first kappa shape index (κ1) is 3.53. The molecular formula is C6H9N. The summed E-state index contributed by atoms with van der Waals surface area (Å²) in [7, 11) is 0. The van der Waals surface area contributed by atoms with Crippen molar-refractivity contribution in [3.8, 4) is 0 Å². The van der Waals surface area contributed by atoms with E-state index in [9.17, 15) is 0 Å². The maximum Gasteiger partial charge on any atom is 0.0178 e. The molecule has 0 aromatic rings. The first-order valence-corrected chi connectivity index (χ1v) is 2.88. The highest BCUT2D eigenvalue weighted by Crippen LogP contribution is 2.27. The molecular weight excluding hydrogens is 86.1 g/mol. The van der Waals surface area contributed by atoms with Gasteiger partial charge in [-0.15, -0.1) is 0 Å². The molecule has 1 aliphatic carbocycles. The number of rotatable bonds is 0. The predicted octanol–water partition coefficient (Wildman–Crippen LogP) is 0.883.